The Balaban J connectivity index is 1.45. The van der Waals surface area contributed by atoms with Gasteiger partial charge >= 0.3 is 6.03 Å². The summed E-state index contributed by atoms with van der Waals surface area (Å²) in [6.07, 6.45) is 24.7. The molecule has 0 bridgehead atoms. The maximum atomic E-state index is 7.28. The van der Waals surface area contributed by atoms with E-state index in [2.05, 4.69) is 101 Å². The summed E-state index contributed by atoms with van der Waals surface area (Å²) < 4.78 is 19.5. The minimum atomic E-state index is -0.973. The van der Waals surface area contributed by atoms with Gasteiger partial charge in [-0.15, -0.1) is 0 Å². The van der Waals surface area contributed by atoms with Crippen LogP contribution in [0, 0.1) is 13.8 Å². The van der Waals surface area contributed by atoms with Crippen LogP contribution in [-0.4, -0.2) is 39.7 Å². The van der Waals surface area contributed by atoms with Crippen molar-refractivity contribution in [2.24, 2.45) is 0 Å². The van der Waals surface area contributed by atoms with Crippen molar-refractivity contribution >= 4 is 12.4 Å². The molecule has 256 valence electrons. The lowest BCUT2D eigenvalue weighted by molar-refractivity contribution is -0.866. The molecule has 1 saturated carbocycles. The average molecular weight is 641 g/mol. The number of nitrogens with zero attached hydrogens (tertiary/aromatic N) is 2. The zero-order chi connectivity index (χ0) is 33.4. The summed E-state index contributed by atoms with van der Waals surface area (Å²) in [6.45, 7) is 18.8. The van der Waals surface area contributed by atoms with E-state index in [1.54, 1.807) is 0 Å². The number of hydrogen-bond acceptors (Lipinski definition) is 2. The zero-order valence-corrected chi connectivity index (χ0v) is 31.1. The number of ether oxygens (including phenoxy) is 2. The molecule has 0 aromatic heterocycles. The second-order valence-corrected chi connectivity index (χ2v) is 16.2. The highest BCUT2D eigenvalue weighted by molar-refractivity contribution is 5.84. The summed E-state index contributed by atoms with van der Waals surface area (Å²) >= 11 is 0. The van der Waals surface area contributed by atoms with Crippen molar-refractivity contribution in [2.75, 3.05) is 0 Å². The molecule has 6 rings (SSSR count). The van der Waals surface area contributed by atoms with Crippen LogP contribution in [0.1, 0.15) is 178 Å². The molecule has 2 aromatic carbocycles. The van der Waals surface area contributed by atoms with Crippen molar-refractivity contribution in [3.05, 3.63) is 57.6 Å². The maximum absolute atomic E-state index is 7.28. The van der Waals surface area contributed by atoms with Crippen LogP contribution in [0.5, 0.6) is 11.5 Å². The normalized spacial score (nSPS) is 23.0. The Bertz CT molecular complexity index is 1390. The molecule has 4 heteroatoms. The summed E-state index contributed by atoms with van der Waals surface area (Å²) in [4.78, 5) is 0. The van der Waals surface area contributed by atoms with Gasteiger partial charge in [0.15, 0.2) is 23.9 Å². The number of unbranched alkanes of at least 4 members (excludes halogenated alkanes) is 4. The Morgan fingerprint density at radius 3 is 1.32 bits per heavy atom. The van der Waals surface area contributed by atoms with Crippen LogP contribution in [0.2, 0.25) is 0 Å². The van der Waals surface area contributed by atoms with Gasteiger partial charge in [-0.05, 0) is 97.6 Å². The van der Waals surface area contributed by atoms with Crippen LogP contribution in [0.3, 0.4) is 0 Å². The van der Waals surface area contributed by atoms with Crippen molar-refractivity contribution in [1.29, 1.82) is 0 Å². The molecule has 1 aliphatic carbocycles. The maximum Gasteiger partial charge on any atom is 0.704 e. The van der Waals surface area contributed by atoms with Crippen LogP contribution >= 0.6 is 0 Å². The molecule has 2 unspecified atom stereocenters. The molecule has 4 aliphatic rings. The topological polar surface area (TPSA) is 24.5 Å². The van der Waals surface area contributed by atoms with Gasteiger partial charge in [-0.1, -0.05) is 114 Å². The molecule has 1 saturated heterocycles. The minimum Gasteiger partial charge on any atom is -0.340 e. The van der Waals surface area contributed by atoms with Gasteiger partial charge in [-0.25, -0.2) is 0 Å². The van der Waals surface area contributed by atoms with E-state index in [1.165, 1.54) is 136 Å². The van der Waals surface area contributed by atoms with Crippen molar-refractivity contribution in [2.45, 2.75) is 187 Å². The first-order valence-corrected chi connectivity index (χ1v) is 19.6. The highest BCUT2D eigenvalue weighted by Gasteiger charge is 2.76. The SMILES string of the molecule is CCCCC(C)(CCCC)c1cc(C)c2c(c1)C=[N+]1C3CCCCC3[N+]3=Cc4cc(C(C)(CCCC)CCCC)cc(C)c4OC13O2. The van der Waals surface area contributed by atoms with Gasteiger partial charge in [0.05, 0.1) is 11.1 Å². The standard InChI is InChI=1S/C43H64N2O2/c1-9-13-21-41(7,22-14-10-2)35-25-31(5)39-33(27-35)29-44-37-19-17-18-20-38(37)45-30-34-28-36(42(8,23-15-11-3)24-16-12-4)26-32(6)40(34)47-43(44,45)46-39/h25-30,37-38H,9-24H2,1-8H3/q+2. The molecular formula is C43H64N2O2+2. The van der Waals surface area contributed by atoms with E-state index in [0.717, 1.165) is 11.5 Å². The summed E-state index contributed by atoms with van der Waals surface area (Å²) in [5.74, 6) is 1.97. The van der Waals surface area contributed by atoms with Gasteiger partial charge in [0, 0.05) is 12.8 Å². The molecule has 2 aromatic rings. The van der Waals surface area contributed by atoms with E-state index in [9.17, 15) is 0 Å². The number of hydrogen-bond donors (Lipinski definition) is 0. The van der Waals surface area contributed by atoms with Crippen LogP contribution in [0.15, 0.2) is 24.3 Å². The Morgan fingerprint density at radius 1 is 0.617 bits per heavy atom. The molecule has 0 N–H and O–H groups in total. The Kier molecular flexibility index (Phi) is 9.99. The molecule has 0 radical (unpaired) electrons. The van der Waals surface area contributed by atoms with Gasteiger partial charge in [0.2, 0.25) is 12.1 Å². The highest BCUT2D eigenvalue weighted by atomic mass is 16.7. The molecule has 3 heterocycles. The smallest absolute Gasteiger partial charge is 0.340 e. The van der Waals surface area contributed by atoms with Crippen LogP contribution in [0.25, 0.3) is 0 Å². The summed E-state index contributed by atoms with van der Waals surface area (Å²) in [6, 6.07) is 9.57. The van der Waals surface area contributed by atoms with Crippen molar-refractivity contribution in [1.82, 2.24) is 0 Å². The second-order valence-electron chi connectivity index (χ2n) is 16.2. The number of fused-ring (bicyclic) bond motifs is 5. The first-order valence-electron chi connectivity index (χ1n) is 19.6. The van der Waals surface area contributed by atoms with Gasteiger partial charge < -0.3 is 9.47 Å². The van der Waals surface area contributed by atoms with Gasteiger partial charge in [0.25, 0.3) is 0 Å². The van der Waals surface area contributed by atoms with E-state index >= 15 is 0 Å². The van der Waals surface area contributed by atoms with Gasteiger partial charge in [0.1, 0.15) is 0 Å². The third-order valence-corrected chi connectivity index (χ3v) is 12.4. The monoisotopic (exact) mass is 640 g/mol. The molecule has 1 spiro atoms. The zero-order valence-electron chi connectivity index (χ0n) is 31.1. The van der Waals surface area contributed by atoms with E-state index in [4.69, 9.17) is 9.47 Å². The molecule has 0 amide bonds. The highest BCUT2D eigenvalue weighted by Crippen LogP contribution is 2.48. The average Bonchev–Trinajstić information content (AvgIpc) is 3.35. The van der Waals surface area contributed by atoms with Crippen LogP contribution in [0.4, 0.5) is 0 Å². The largest absolute Gasteiger partial charge is 0.704 e. The number of benzene rings is 2. The lowest BCUT2D eigenvalue weighted by Crippen LogP contribution is -2.60. The molecule has 47 heavy (non-hydrogen) atoms. The predicted octanol–water partition coefficient (Wildman–Crippen LogP) is 10.9. The molecule has 2 atom stereocenters. The van der Waals surface area contributed by atoms with Gasteiger partial charge in [-0.2, -0.15) is 0 Å². The van der Waals surface area contributed by atoms with E-state index in [-0.39, 0.29) is 10.8 Å². The molecule has 2 fully saturated rings. The fraction of sp³-hybridized carbons (Fsp3) is 0.674. The second kappa shape index (κ2) is 13.7. The van der Waals surface area contributed by atoms with Crippen molar-refractivity contribution in [3.8, 4) is 11.5 Å². The summed E-state index contributed by atoms with van der Waals surface area (Å²) in [7, 11) is 0. The van der Waals surface area contributed by atoms with E-state index in [0.29, 0.717) is 12.1 Å². The number of rotatable bonds is 14. The number of aryl methyl sites for hydroxylation is 2. The first-order chi connectivity index (χ1) is 22.6. The fourth-order valence-corrected chi connectivity index (χ4v) is 9.31. The lowest BCUT2D eigenvalue weighted by atomic mass is 9.73. The Morgan fingerprint density at radius 2 is 0.979 bits per heavy atom. The van der Waals surface area contributed by atoms with E-state index < -0.39 is 6.03 Å². The van der Waals surface area contributed by atoms with E-state index in [1.807, 2.05) is 0 Å². The third-order valence-electron chi connectivity index (χ3n) is 12.4. The predicted molar refractivity (Wildman–Crippen MR) is 196 cm³/mol. The van der Waals surface area contributed by atoms with Crippen molar-refractivity contribution in [3.63, 3.8) is 0 Å². The quantitative estimate of drug-likeness (QED) is 0.192. The van der Waals surface area contributed by atoms with Crippen molar-refractivity contribution < 1.29 is 18.6 Å². The lowest BCUT2D eigenvalue weighted by Gasteiger charge is -2.34. The molecule has 4 nitrogen and oxygen atoms in total. The van der Waals surface area contributed by atoms with Gasteiger partial charge in [-0.3, -0.25) is 0 Å². The summed E-state index contributed by atoms with van der Waals surface area (Å²) in [5.41, 5.74) is 8.21. The summed E-state index contributed by atoms with van der Waals surface area (Å²) in [5, 5.41) is 0. The fourth-order valence-electron chi connectivity index (χ4n) is 9.31. The molecular weight excluding hydrogens is 576 g/mol. The van der Waals surface area contributed by atoms with Crippen LogP contribution in [-0.2, 0) is 10.8 Å². The van der Waals surface area contributed by atoms with Crippen LogP contribution < -0.4 is 9.47 Å². The first kappa shape index (κ1) is 34.3. The molecule has 3 aliphatic heterocycles. The third kappa shape index (κ3) is 6.10. The minimum absolute atomic E-state index is 0.185. The Labute approximate surface area is 286 Å². The Hall–Kier alpha value is -2.62.